The van der Waals surface area contributed by atoms with Gasteiger partial charge in [0.25, 0.3) is 0 Å². The van der Waals surface area contributed by atoms with Crippen molar-refractivity contribution in [3.63, 3.8) is 0 Å². The first-order chi connectivity index (χ1) is 15.0. The Hall–Kier alpha value is -3.62. The highest BCUT2D eigenvalue weighted by Crippen LogP contribution is 2.43. The summed E-state index contributed by atoms with van der Waals surface area (Å²) in [6.45, 7) is 2.13. The number of hydrogen-bond donors (Lipinski definition) is 0. The summed E-state index contributed by atoms with van der Waals surface area (Å²) >= 11 is 0. The lowest BCUT2D eigenvalue weighted by atomic mass is 10.0. The molecule has 2 aromatic carbocycles. The van der Waals surface area contributed by atoms with Crippen molar-refractivity contribution in [1.82, 2.24) is 19.8 Å². The van der Waals surface area contributed by atoms with E-state index in [1.54, 1.807) is 14.2 Å². The van der Waals surface area contributed by atoms with Gasteiger partial charge in [-0.2, -0.15) is 9.36 Å². The molecular weight excluding hydrogens is 398 g/mol. The Morgan fingerprint density at radius 3 is 2.61 bits per heavy atom. The van der Waals surface area contributed by atoms with Crippen molar-refractivity contribution >= 4 is 5.71 Å². The van der Waals surface area contributed by atoms with Crippen molar-refractivity contribution in [1.29, 1.82) is 0 Å². The van der Waals surface area contributed by atoms with Crippen LogP contribution in [0.2, 0.25) is 0 Å². The van der Waals surface area contributed by atoms with Gasteiger partial charge in [0, 0.05) is 18.2 Å². The maximum atomic E-state index is 12.5. The van der Waals surface area contributed by atoms with Gasteiger partial charge in [-0.05, 0) is 65.9 Å². The van der Waals surface area contributed by atoms with Crippen LogP contribution in [-0.2, 0) is 18.5 Å². The molecular formula is C22H25N5O4. The predicted molar refractivity (Wildman–Crippen MR) is 115 cm³/mol. The maximum Gasteiger partial charge on any atom is 0.368 e. The molecule has 0 amide bonds. The lowest BCUT2D eigenvalue weighted by molar-refractivity contribution is 0.213. The van der Waals surface area contributed by atoms with Gasteiger partial charge in [-0.3, -0.25) is 0 Å². The first kappa shape index (κ1) is 20.6. The van der Waals surface area contributed by atoms with Crippen LogP contribution in [0, 0.1) is 0 Å². The average Bonchev–Trinajstić information content (AvgIpc) is 3.58. The molecule has 1 saturated carbocycles. The Labute approximate surface area is 179 Å². The van der Waals surface area contributed by atoms with Crippen LogP contribution in [0.3, 0.4) is 0 Å². The summed E-state index contributed by atoms with van der Waals surface area (Å²) in [5.74, 6) is 1.66. The molecule has 0 spiro atoms. The van der Waals surface area contributed by atoms with E-state index >= 15 is 0 Å². The van der Waals surface area contributed by atoms with Gasteiger partial charge in [0.05, 0.1) is 18.5 Å². The fourth-order valence-electron chi connectivity index (χ4n) is 3.54. The second-order valence-electron chi connectivity index (χ2n) is 7.43. The van der Waals surface area contributed by atoms with Crippen LogP contribution in [0.25, 0.3) is 5.69 Å². The predicted octanol–water partition coefficient (Wildman–Crippen LogP) is 2.80. The van der Waals surface area contributed by atoms with E-state index in [4.69, 9.17) is 14.3 Å². The number of aromatic nitrogens is 4. The average molecular weight is 423 g/mol. The van der Waals surface area contributed by atoms with Crippen LogP contribution in [-0.4, -0.2) is 39.7 Å². The van der Waals surface area contributed by atoms with E-state index in [0.717, 1.165) is 29.7 Å². The summed E-state index contributed by atoms with van der Waals surface area (Å²) in [6.07, 6.45) is 2.25. The van der Waals surface area contributed by atoms with Gasteiger partial charge in [0.2, 0.25) is 0 Å². The first-order valence-electron chi connectivity index (χ1n) is 10.0. The van der Waals surface area contributed by atoms with E-state index in [9.17, 15) is 4.79 Å². The van der Waals surface area contributed by atoms with Crippen LogP contribution in [0.1, 0.15) is 42.4 Å². The highest BCUT2D eigenvalue weighted by Gasteiger charge is 2.28. The van der Waals surface area contributed by atoms with E-state index < -0.39 is 0 Å². The van der Waals surface area contributed by atoms with Crippen LogP contribution in [0.4, 0.5) is 0 Å². The van der Waals surface area contributed by atoms with Gasteiger partial charge in [-0.15, -0.1) is 0 Å². The number of methoxy groups -OCH3 is 1. The van der Waals surface area contributed by atoms with Crippen molar-refractivity contribution in [3.8, 4) is 17.2 Å². The zero-order valence-electron chi connectivity index (χ0n) is 18.0. The summed E-state index contributed by atoms with van der Waals surface area (Å²) in [5, 5.41) is 11.8. The van der Waals surface area contributed by atoms with Gasteiger partial charge >= 0.3 is 5.69 Å². The Morgan fingerprint density at radius 1 is 1.16 bits per heavy atom. The van der Waals surface area contributed by atoms with Crippen molar-refractivity contribution in [2.24, 2.45) is 12.2 Å². The molecule has 9 heteroatoms. The second-order valence-corrected chi connectivity index (χ2v) is 7.43. The quantitative estimate of drug-likeness (QED) is 0.409. The largest absolute Gasteiger partial charge is 0.493 e. The highest BCUT2D eigenvalue weighted by molar-refractivity contribution is 5.98. The third-order valence-corrected chi connectivity index (χ3v) is 5.34. The van der Waals surface area contributed by atoms with Crippen molar-refractivity contribution in [3.05, 3.63) is 63.6 Å². The molecule has 31 heavy (non-hydrogen) atoms. The minimum absolute atomic E-state index is 0.270. The molecule has 9 nitrogen and oxygen atoms in total. The molecule has 0 radical (unpaired) electrons. The SMILES string of the molecule is CO/N=C(\C)c1ccc(OCc2c(C3CC3)cccc2-n2nnn(C)c2=O)c(OC)c1. The fourth-order valence-corrected chi connectivity index (χ4v) is 3.54. The van der Waals surface area contributed by atoms with Crippen LogP contribution in [0.15, 0.2) is 46.3 Å². The van der Waals surface area contributed by atoms with Gasteiger partial charge in [-0.25, -0.2) is 4.79 Å². The van der Waals surface area contributed by atoms with E-state index in [0.29, 0.717) is 23.1 Å². The molecule has 0 saturated heterocycles. The number of rotatable bonds is 8. The minimum atomic E-state index is -0.302. The fraction of sp³-hybridized carbons (Fsp3) is 0.364. The number of ether oxygens (including phenoxy) is 2. The van der Waals surface area contributed by atoms with Gasteiger partial charge in [0.15, 0.2) is 11.5 Å². The lowest BCUT2D eigenvalue weighted by Gasteiger charge is -2.16. The molecule has 1 heterocycles. The molecule has 1 fully saturated rings. The number of aryl methyl sites for hydroxylation is 1. The smallest absolute Gasteiger partial charge is 0.368 e. The van der Waals surface area contributed by atoms with Crippen LogP contribution in [0.5, 0.6) is 11.5 Å². The monoisotopic (exact) mass is 423 g/mol. The van der Waals surface area contributed by atoms with Gasteiger partial charge in [-0.1, -0.05) is 17.3 Å². The van der Waals surface area contributed by atoms with Gasteiger partial charge < -0.3 is 14.3 Å². The van der Waals surface area contributed by atoms with E-state index in [-0.39, 0.29) is 12.3 Å². The number of oxime groups is 1. The van der Waals surface area contributed by atoms with Crippen molar-refractivity contribution < 1.29 is 14.3 Å². The molecule has 0 unspecified atom stereocenters. The van der Waals surface area contributed by atoms with Crippen molar-refractivity contribution in [2.75, 3.05) is 14.2 Å². The van der Waals surface area contributed by atoms with E-state index in [2.05, 4.69) is 21.6 Å². The molecule has 0 N–H and O–H groups in total. The van der Waals surface area contributed by atoms with E-state index in [1.807, 2.05) is 37.3 Å². The summed E-state index contributed by atoms with van der Waals surface area (Å²) in [4.78, 5) is 17.3. The highest BCUT2D eigenvalue weighted by atomic mass is 16.6. The molecule has 3 aromatic rings. The zero-order chi connectivity index (χ0) is 22.0. The first-order valence-corrected chi connectivity index (χ1v) is 10.0. The molecule has 4 rings (SSSR count). The molecule has 1 aromatic heterocycles. The molecule has 1 aliphatic rings. The minimum Gasteiger partial charge on any atom is -0.493 e. The number of benzene rings is 2. The molecule has 0 aliphatic heterocycles. The zero-order valence-corrected chi connectivity index (χ0v) is 18.0. The molecule has 0 bridgehead atoms. The lowest BCUT2D eigenvalue weighted by Crippen LogP contribution is -2.23. The van der Waals surface area contributed by atoms with E-state index in [1.165, 1.54) is 22.0 Å². The standard InChI is InChI=1S/C22H25N5O4/c1-14(23-30-4)16-10-11-20(21(12-16)29-3)31-13-18-17(15-8-9-15)6-5-7-19(18)27-22(28)26(2)24-25-27/h5-7,10-12,15H,8-9,13H2,1-4H3/b23-14+. The Kier molecular flexibility index (Phi) is 5.75. The number of nitrogens with zero attached hydrogens (tertiary/aromatic N) is 5. The summed E-state index contributed by atoms with van der Waals surface area (Å²) in [5.41, 5.74) is 4.08. The Bertz CT molecular complexity index is 1180. The summed E-state index contributed by atoms with van der Waals surface area (Å²) in [7, 11) is 4.68. The topological polar surface area (TPSA) is 92.8 Å². The van der Waals surface area contributed by atoms with Gasteiger partial charge in [0.1, 0.15) is 13.7 Å². The Morgan fingerprint density at radius 2 is 1.97 bits per heavy atom. The molecule has 162 valence electrons. The summed E-state index contributed by atoms with van der Waals surface area (Å²) in [6, 6.07) is 11.5. The van der Waals surface area contributed by atoms with Crippen molar-refractivity contribution in [2.45, 2.75) is 32.3 Å². The molecule has 1 aliphatic carbocycles. The second kappa shape index (κ2) is 8.63. The summed E-state index contributed by atoms with van der Waals surface area (Å²) < 4.78 is 14.2. The molecule has 0 atom stereocenters. The maximum absolute atomic E-state index is 12.5. The van der Waals surface area contributed by atoms with Crippen LogP contribution >= 0.6 is 0 Å². The third-order valence-electron chi connectivity index (χ3n) is 5.34. The van der Waals surface area contributed by atoms with Crippen LogP contribution < -0.4 is 15.2 Å². The third kappa shape index (κ3) is 4.16. The number of hydrogen-bond acceptors (Lipinski definition) is 7. The number of tetrazole rings is 1. The normalized spacial score (nSPS) is 13.9. The Balaban J connectivity index is 1.68.